The Balaban J connectivity index is 1.38. The van der Waals surface area contributed by atoms with Crippen LogP contribution < -0.4 is 0 Å². The van der Waals surface area contributed by atoms with Crippen LogP contribution in [0.3, 0.4) is 0 Å². The zero-order valence-corrected chi connectivity index (χ0v) is 26.9. The van der Waals surface area contributed by atoms with Gasteiger partial charge in [0.2, 0.25) is 10.0 Å². The zero-order chi connectivity index (χ0) is 30.5. The van der Waals surface area contributed by atoms with Crippen LogP contribution in [-0.4, -0.2) is 43.4 Å². The molecule has 0 unspecified atom stereocenters. The Morgan fingerprint density at radius 2 is 1.33 bits per heavy atom. The molecule has 0 spiro atoms. The lowest BCUT2D eigenvalue weighted by Crippen LogP contribution is -2.47. The minimum atomic E-state index is -3.72. The third-order valence-electron chi connectivity index (χ3n) is 9.02. The lowest BCUT2D eigenvalue weighted by atomic mass is 10.0. The highest BCUT2D eigenvalue weighted by molar-refractivity contribution is 7.89. The molecule has 0 bridgehead atoms. The van der Waals surface area contributed by atoms with Crippen LogP contribution in [0.5, 0.6) is 0 Å². The molecule has 0 radical (unpaired) electrons. The van der Waals surface area contributed by atoms with Gasteiger partial charge in [-0.1, -0.05) is 102 Å². The number of nitrogens with zero attached hydrogens (tertiary/aromatic N) is 2. The van der Waals surface area contributed by atoms with Crippen LogP contribution >= 0.6 is 0 Å². The zero-order valence-electron chi connectivity index (χ0n) is 26.1. The second kappa shape index (κ2) is 13.4. The van der Waals surface area contributed by atoms with Crippen molar-refractivity contribution in [3.05, 3.63) is 125 Å². The molecule has 0 aliphatic rings. The summed E-state index contributed by atoms with van der Waals surface area (Å²) >= 11 is 0. The van der Waals surface area contributed by atoms with Crippen LogP contribution in [0, 0.1) is 13.8 Å². The average Bonchev–Trinajstić information content (AvgIpc) is 3.01. The van der Waals surface area contributed by atoms with Crippen LogP contribution in [0.1, 0.15) is 48.9 Å². The van der Waals surface area contributed by atoms with E-state index in [0.717, 1.165) is 70.6 Å². The molecule has 0 heterocycles. The second-order valence-electron chi connectivity index (χ2n) is 12.0. The summed E-state index contributed by atoms with van der Waals surface area (Å²) in [6.45, 7) is 13.9. The molecule has 0 N–H and O–H groups in total. The first-order chi connectivity index (χ1) is 20.7. The Hall–Kier alpha value is -3.51. The molecule has 0 fully saturated rings. The number of fused-ring (bicyclic) bond motifs is 2. The molecule has 224 valence electrons. The van der Waals surface area contributed by atoms with Crippen LogP contribution in [0.15, 0.2) is 108 Å². The van der Waals surface area contributed by atoms with Gasteiger partial charge in [0, 0.05) is 18.7 Å². The van der Waals surface area contributed by atoms with E-state index in [9.17, 15) is 8.42 Å². The first-order valence-corrected chi connectivity index (χ1v) is 17.0. The lowest BCUT2D eigenvalue weighted by Gasteiger charge is -2.37. The maximum Gasteiger partial charge on any atom is 0.243 e. The monoisotopic (exact) mass is 593 g/mol. The van der Waals surface area contributed by atoms with Crippen molar-refractivity contribution < 1.29 is 12.9 Å². The maximum atomic E-state index is 14.2. The van der Waals surface area contributed by atoms with Crippen LogP contribution in [0.2, 0.25) is 0 Å². The number of sulfonamides is 1. The lowest BCUT2D eigenvalue weighted by molar-refractivity contribution is -0.938. The molecule has 0 saturated carbocycles. The van der Waals surface area contributed by atoms with Crippen LogP contribution in [0.4, 0.5) is 0 Å². The van der Waals surface area contributed by atoms with Crippen molar-refractivity contribution in [1.29, 1.82) is 0 Å². The van der Waals surface area contributed by atoms with Crippen molar-refractivity contribution >= 4 is 31.6 Å². The van der Waals surface area contributed by atoms with Gasteiger partial charge in [-0.05, 0) is 79.8 Å². The molecule has 43 heavy (non-hydrogen) atoms. The molecule has 0 aliphatic heterocycles. The van der Waals surface area contributed by atoms with E-state index in [2.05, 4.69) is 70.2 Å². The van der Waals surface area contributed by atoms with E-state index in [1.807, 2.05) is 54.6 Å². The Morgan fingerprint density at radius 3 is 2.05 bits per heavy atom. The summed E-state index contributed by atoms with van der Waals surface area (Å²) in [4.78, 5) is 0.355. The van der Waals surface area contributed by atoms with Gasteiger partial charge in [0.1, 0.15) is 6.54 Å². The van der Waals surface area contributed by atoms with Crippen molar-refractivity contribution in [2.24, 2.45) is 0 Å². The average molecular weight is 594 g/mol. The Morgan fingerprint density at radius 1 is 0.674 bits per heavy atom. The summed E-state index contributed by atoms with van der Waals surface area (Å²) in [6.07, 6.45) is 1.77. The number of benzene rings is 5. The predicted octanol–water partition coefficient (Wildman–Crippen LogP) is 8.64. The van der Waals surface area contributed by atoms with E-state index in [1.165, 1.54) is 16.7 Å². The summed E-state index contributed by atoms with van der Waals surface area (Å²) in [5, 5.41) is 4.21. The normalized spacial score (nSPS) is 12.4. The highest BCUT2D eigenvalue weighted by Gasteiger charge is 2.27. The fraction of sp³-hybridized carbons (Fsp3) is 0.316. The summed E-state index contributed by atoms with van der Waals surface area (Å²) in [5.41, 5.74) is 5.04. The Labute approximate surface area is 258 Å². The minimum absolute atomic E-state index is 0.348. The number of hydrogen-bond donors (Lipinski definition) is 0. The third kappa shape index (κ3) is 7.18. The van der Waals surface area contributed by atoms with E-state index in [-0.39, 0.29) is 0 Å². The Bertz CT molecular complexity index is 1780. The SMILES string of the molecule is CC[N+](CC)(CCCCN(Cc1cccc2ccccc12)S(=O)(=O)c1ccc2ccccc2c1)Cc1cc(C)cc(C)c1. The van der Waals surface area contributed by atoms with Gasteiger partial charge in [0.15, 0.2) is 0 Å². The first kappa shape index (κ1) is 30.9. The molecule has 0 amide bonds. The van der Waals surface area contributed by atoms with Gasteiger partial charge in [-0.15, -0.1) is 0 Å². The van der Waals surface area contributed by atoms with Gasteiger partial charge >= 0.3 is 0 Å². The van der Waals surface area contributed by atoms with Gasteiger partial charge in [0.05, 0.1) is 24.5 Å². The molecular formula is C38H45N2O2S+. The standard InChI is InChI=1S/C38H45N2O2S/c1-5-40(6-2,29-32-25-30(3)24-31(4)26-32)23-12-11-22-39(28-36-18-13-17-34-15-9-10-19-38(34)36)43(41,42)37-21-20-33-14-7-8-16-35(33)27-37/h7-10,13-21,24-27H,5-6,11-12,22-23,28-29H2,1-4H3/q+1. The van der Waals surface area contributed by atoms with Gasteiger partial charge in [0.25, 0.3) is 0 Å². The highest BCUT2D eigenvalue weighted by atomic mass is 32.2. The second-order valence-corrected chi connectivity index (χ2v) is 14.0. The number of aryl methyl sites for hydroxylation is 2. The molecule has 5 aromatic carbocycles. The summed E-state index contributed by atoms with van der Waals surface area (Å²) < 4.78 is 31.2. The number of rotatable bonds is 13. The van der Waals surface area contributed by atoms with E-state index < -0.39 is 10.0 Å². The van der Waals surface area contributed by atoms with E-state index in [1.54, 1.807) is 10.4 Å². The highest BCUT2D eigenvalue weighted by Crippen LogP contribution is 2.27. The summed E-state index contributed by atoms with van der Waals surface area (Å²) in [7, 11) is -3.72. The van der Waals surface area contributed by atoms with Gasteiger partial charge in [-0.25, -0.2) is 8.42 Å². The van der Waals surface area contributed by atoms with Gasteiger partial charge in [-0.2, -0.15) is 4.31 Å². The van der Waals surface area contributed by atoms with Crippen molar-refractivity contribution in [3.8, 4) is 0 Å². The van der Waals surface area contributed by atoms with Crippen LogP contribution in [-0.2, 0) is 23.1 Å². The fourth-order valence-electron chi connectivity index (χ4n) is 6.51. The van der Waals surface area contributed by atoms with E-state index >= 15 is 0 Å². The number of unbranched alkanes of at least 4 members (excludes halogenated alkanes) is 1. The van der Waals surface area contributed by atoms with E-state index in [4.69, 9.17) is 0 Å². The largest absolute Gasteiger partial charge is 0.320 e. The first-order valence-electron chi connectivity index (χ1n) is 15.6. The van der Waals surface area contributed by atoms with Crippen molar-refractivity contribution in [1.82, 2.24) is 4.31 Å². The topological polar surface area (TPSA) is 37.4 Å². The smallest absolute Gasteiger partial charge is 0.243 e. The number of hydrogen-bond acceptors (Lipinski definition) is 2. The molecule has 5 heteroatoms. The molecule has 5 rings (SSSR count). The van der Waals surface area contributed by atoms with Gasteiger partial charge < -0.3 is 4.48 Å². The molecule has 4 nitrogen and oxygen atoms in total. The molecule has 0 aromatic heterocycles. The summed E-state index contributed by atoms with van der Waals surface area (Å²) in [5.74, 6) is 0. The molecule has 0 aliphatic carbocycles. The quantitative estimate of drug-likeness (QED) is 0.101. The van der Waals surface area contributed by atoms with Crippen LogP contribution in [0.25, 0.3) is 21.5 Å². The van der Waals surface area contributed by atoms with E-state index in [0.29, 0.717) is 18.0 Å². The predicted molar refractivity (Wildman–Crippen MR) is 181 cm³/mol. The van der Waals surface area contributed by atoms with Crippen molar-refractivity contribution in [2.75, 3.05) is 26.2 Å². The fourth-order valence-corrected chi connectivity index (χ4v) is 8.00. The molecule has 0 saturated heterocycles. The molecule has 0 atom stereocenters. The number of quaternary nitrogens is 1. The van der Waals surface area contributed by atoms with Crippen molar-refractivity contribution in [2.45, 2.75) is 58.5 Å². The molecule has 5 aromatic rings. The third-order valence-corrected chi connectivity index (χ3v) is 10.9. The summed E-state index contributed by atoms with van der Waals surface area (Å²) in [6, 6.07) is 34.7. The minimum Gasteiger partial charge on any atom is -0.320 e. The molecular weight excluding hydrogens is 548 g/mol. The Kier molecular flexibility index (Phi) is 9.65. The van der Waals surface area contributed by atoms with Crippen molar-refractivity contribution in [3.63, 3.8) is 0 Å². The maximum absolute atomic E-state index is 14.2. The van der Waals surface area contributed by atoms with Gasteiger partial charge in [-0.3, -0.25) is 0 Å².